The van der Waals surface area contributed by atoms with Gasteiger partial charge in [-0.3, -0.25) is 0 Å². The van der Waals surface area contributed by atoms with Gasteiger partial charge in [0.2, 0.25) is 0 Å². The summed E-state index contributed by atoms with van der Waals surface area (Å²) in [6.45, 7) is 0.294. The lowest BCUT2D eigenvalue weighted by molar-refractivity contribution is 0.283. The van der Waals surface area contributed by atoms with E-state index in [0.717, 1.165) is 25.7 Å². The topological polar surface area (TPSA) is 20.2 Å². The molecule has 3 aromatic rings. The van der Waals surface area contributed by atoms with Crippen LogP contribution in [-0.4, -0.2) is 11.7 Å². The molecule has 3 heteroatoms. The van der Waals surface area contributed by atoms with Gasteiger partial charge in [0.1, 0.15) is 0 Å². The molecule has 0 fully saturated rings. The molecule has 1 N–H and O–H groups in total. The van der Waals surface area contributed by atoms with Gasteiger partial charge in [0.05, 0.1) is 0 Å². The molecule has 0 aromatic heterocycles. The van der Waals surface area contributed by atoms with E-state index in [2.05, 4.69) is 84.9 Å². The summed E-state index contributed by atoms with van der Waals surface area (Å²) >= 11 is 0. The fourth-order valence-electron chi connectivity index (χ4n) is 3.13. The molecule has 3 rings (SSSR count). The molecule has 0 aliphatic carbocycles. The Morgan fingerprint density at radius 1 is 0.615 bits per heavy atom. The highest BCUT2D eigenvalue weighted by molar-refractivity contribution is 8.93. The van der Waals surface area contributed by atoms with Gasteiger partial charge in [-0.15, -0.1) is 17.0 Å². The maximum absolute atomic E-state index is 9.01. The maximum atomic E-state index is 9.01. The third kappa shape index (κ3) is 5.51. The van der Waals surface area contributed by atoms with Crippen molar-refractivity contribution in [2.75, 3.05) is 6.61 Å². The molecule has 0 aliphatic heterocycles. The summed E-state index contributed by atoms with van der Waals surface area (Å²) in [6.07, 6.45) is 4.19. The minimum Gasteiger partial charge on any atom is -0.396 e. The second kappa shape index (κ2) is 11.3. The molecule has 0 unspecified atom stereocenters. The summed E-state index contributed by atoms with van der Waals surface area (Å²) in [7, 11) is -0.541. The molecule has 3 aromatic carbocycles. The monoisotopic (exact) mass is 428 g/mol. The molecule has 0 spiro atoms. The van der Waals surface area contributed by atoms with Crippen LogP contribution in [0.5, 0.6) is 0 Å². The van der Waals surface area contributed by atoms with Crippen molar-refractivity contribution in [1.29, 1.82) is 0 Å². The van der Waals surface area contributed by atoms with E-state index in [0.29, 0.717) is 6.61 Å². The van der Waals surface area contributed by atoms with Crippen LogP contribution < -0.4 is 15.9 Å². The predicted molar refractivity (Wildman–Crippen MR) is 120 cm³/mol. The first-order chi connectivity index (χ1) is 12.4. The Labute approximate surface area is 168 Å². The van der Waals surface area contributed by atoms with Crippen molar-refractivity contribution in [1.82, 2.24) is 0 Å². The number of aryl methyl sites for hydroxylation is 1. The molecule has 1 nitrogen and oxygen atoms in total. The van der Waals surface area contributed by atoms with Crippen molar-refractivity contribution < 1.29 is 5.11 Å². The van der Waals surface area contributed by atoms with E-state index in [9.17, 15) is 0 Å². The molecular formula is C23H26BrOP. The maximum Gasteiger partial charge on any atom is 0.0431 e. The highest BCUT2D eigenvalue weighted by Crippen LogP contribution is 2.34. The van der Waals surface area contributed by atoms with E-state index < -0.39 is 7.92 Å². The average Bonchev–Trinajstić information content (AvgIpc) is 2.68. The van der Waals surface area contributed by atoms with Crippen molar-refractivity contribution in [2.24, 2.45) is 0 Å². The summed E-state index contributed by atoms with van der Waals surface area (Å²) < 4.78 is 0. The third-order valence-electron chi connectivity index (χ3n) is 4.37. The van der Waals surface area contributed by atoms with Gasteiger partial charge in [0.15, 0.2) is 0 Å². The van der Waals surface area contributed by atoms with Crippen LogP contribution >= 0.6 is 24.9 Å². The Bertz CT molecular complexity index is 722. The van der Waals surface area contributed by atoms with Gasteiger partial charge in [-0.1, -0.05) is 91.3 Å². The van der Waals surface area contributed by atoms with Crippen molar-refractivity contribution in [3.63, 3.8) is 0 Å². The quantitative estimate of drug-likeness (QED) is 0.406. The van der Waals surface area contributed by atoms with Gasteiger partial charge < -0.3 is 5.11 Å². The molecular weight excluding hydrogens is 403 g/mol. The lowest BCUT2D eigenvalue weighted by Crippen LogP contribution is -2.23. The van der Waals surface area contributed by atoms with Crippen LogP contribution in [0.15, 0.2) is 84.9 Å². The van der Waals surface area contributed by atoms with Crippen LogP contribution in [0.25, 0.3) is 0 Å². The van der Waals surface area contributed by atoms with Crippen molar-refractivity contribution in [2.45, 2.75) is 25.7 Å². The van der Waals surface area contributed by atoms with E-state index >= 15 is 0 Å². The Hall–Kier alpha value is -1.47. The van der Waals surface area contributed by atoms with Crippen LogP contribution in [0.2, 0.25) is 0 Å². The zero-order valence-corrected chi connectivity index (χ0v) is 17.5. The standard InChI is InChI=1S/C23H25OP.BrH/c24-19-11-3-4-12-20-13-9-10-18-23(20)25(21-14-5-1-6-15-21)22-16-7-2-8-17-22;/h1-2,5-10,13-18,24H,3-4,11-12,19H2;1H. The summed E-state index contributed by atoms with van der Waals surface area (Å²) in [4.78, 5) is 0. The smallest absolute Gasteiger partial charge is 0.0431 e. The minimum absolute atomic E-state index is 0. The predicted octanol–water partition coefficient (Wildman–Crippen LogP) is 4.73. The zero-order chi connectivity index (χ0) is 17.3. The normalized spacial score (nSPS) is 10.5. The second-order valence-electron chi connectivity index (χ2n) is 6.17. The van der Waals surface area contributed by atoms with Crippen LogP contribution in [0.1, 0.15) is 24.8 Å². The second-order valence-corrected chi connectivity index (χ2v) is 8.35. The number of aliphatic hydroxyl groups is 1. The molecule has 0 saturated heterocycles. The Kier molecular flexibility index (Phi) is 9.05. The molecule has 0 heterocycles. The summed E-state index contributed by atoms with van der Waals surface area (Å²) in [5.74, 6) is 0. The summed E-state index contributed by atoms with van der Waals surface area (Å²) in [6, 6.07) is 30.6. The fraction of sp³-hybridized carbons (Fsp3) is 0.217. The highest BCUT2D eigenvalue weighted by atomic mass is 79.9. The molecule has 0 aliphatic rings. The van der Waals surface area contributed by atoms with Crippen molar-refractivity contribution in [3.8, 4) is 0 Å². The summed E-state index contributed by atoms with van der Waals surface area (Å²) in [5.41, 5.74) is 1.44. The zero-order valence-electron chi connectivity index (χ0n) is 14.9. The van der Waals surface area contributed by atoms with E-state index in [1.807, 2.05) is 0 Å². The number of benzene rings is 3. The molecule has 0 saturated carbocycles. The number of aliphatic hydroxyl groups excluding tert-OH is 1. The van der Waals surface area contributed by atoms with Crippen molar-refractivity contribution in [3.05, 3.63) is 90.5 Å². The minimum atomic E-state index is -0.541. The van der Waals surface area contributed by atoms with Gasteiger partial charge in [-0.2, -0.15) is 0 Å². The van der Waals surface area contributed by atoms with Crippen LogP contribution in [0.4, 0.5) is 0 Å². The highest BCUT2D eigenvalue weighted by Gasteiger charge is 2.18. The average molecular weight is 429 g/mol. The SMILES string of the molecule is Br.OCCCCCc1ccccc1P(c1ccccc1)c1ccccc1. The molecule has 0 atom stereocenters. The number of halogens is 1. The Morgan fingerprint density at radius 2 is 1.15 bits per heavy atom. The number of unbranched alkanes of at least 4 members (excludes halogenated alkanes) is 2. The number of hydrogen-bond donors (Lipinski definition) is 1. The Morgan fingerprint density at radius 3 is 1.73 bits per heavy atom. The van der Waals surface area contributed by atoms with Gasteiger partial charge in [-0.05, 0) is 48.7 Å². The first-order valence-corrected chi connectivity index (χ1v) is 10.3. The van der Waals surface area contributed by atoms with Gasteiger partial charge in [0.25, 0.3) is 0 Å². The number of rotatable bonds is 8. The van der Waals surface area contributed by atoms with Gasteiger partial charge in [0, 0.05) is 6.61 Å². The van der Waals surface area contributed by atoms with Crippen LogP contribution in [0.3, 0.4) is 0 Å². The first-order valence-electron chi connectivity index (χ1n) is 8.99. The lowest BCUT2D eigenvalue weighted by Gasteiger charge is -2.22. The molecule has 26 heavy (non-hydrogen) atoms. The molecule has 0 amide bonds. The van der Waals surface area contributed by atoms with E-state index in [-0.39, 0.29) is 17.0 Å². The van der Waals surface area contributed by atoms with Gasteiger partial charge >= 0.3 is 0 Å². The third-order valence-corrected chi connectivity index (χ3v) is 6.91. The largest absolute Gasteiger partial charge is 0.396 e. The van der Waals surface area contributed by atoms with Crippen LogP contribution in [0, 0.1) is 0 Å². The molecule has 0 bridgehead atoms. The first kappa shape index (κ1) is 20.8. The van der Waals surface area contributed by atoms with Crippen molar-refractivity contribution >= 4 is 40.8 Å². The molecule has 136 valence electrons. The summed E-state index contributed by atoms with van der Waals surface area (Å²) in [5, 5.41) is 13.3. The molecule has 0 radical (unpaired) electrons. The number of hydrogen-bond acceptors (Lipinski definition) is 1. The van der Waals surface area contributed by atoms with Gasteiger partial charge in [-0.25, -0.2) is 0 Å². The fourth-order valence-corrected chi connectivity index (χ4v) is 5.63. The van der Waals surface area contributed by atoms with E-state index in [1.165, 1.54) is 21.5 Å². The Balaban J connectivity index is 0.00000243. The van der Waals surface area contributed by atoms with Crippen LogP contribution in [-0.2, 0) is 6.42 Å². The lowest BCUT2D eigenvalue weighted by atomic mass is 10.1. The van der Waals surface area contributed by atoms with E-state index in [1.54, 1.807) is 0 Å². The van der Waals surface area contributed by atoms with E-state index in [4.69, 9.17) is 5.11 Å².